The summed E-state index contributed by atoms with van der Waals surface area (Å²) in [4.78, 5) is 0. The van der Waals surface area contributed by atoms with Crippen molar-refractivity contribution in [2.24, 2.45) is 0 Å². The minimum absolute atomic E-state index is 0.0789. The van der Waals surface area contributed by atoms with E-state index in [4.69, 9.17) is 9.47 Å². The van der Waals surface area contributed by atoms with E-state index in [0.29, 0.717) is 26.2 Å². The first-order valence-electron chi connectivity index (χ1n) is 11.6. The predicted octanol–water partition coefficient (Wildman–Crippen LogP) is 6.62. The number of aliphatic hydroxyl groups is 1. The summed E-state index contributed by atoms with van der Waals surface area (Å²) < 4.78 is 11.8. The van der Waals surface area contributed by atoms with Crippen molar-refractivity contribution in [2.45, 2.75) is 13.0 Å². The third-order valence-corrected chi connectivity index (χ3v) is 5.58. The van der Waals surface area contributed by atoms with E-state index < -0.39 is 0 Å². The summed E-state index contributed by atoms with van der Waals surface area (Å²) in [6.45, 7) is 1.64. The van der Waals surface area contributed by atoms with Crippen molar-refractivity contribution >= 4 is 11.1 Å². The summed E-state index contributed by atoms with van der Waals surface area (Å²) in [6, 6.07) is 38.9. The van der Waals surface area contributed by atoms with Gasteiger partial charge in [0.15, 0.2) is 0 Å². The molecule has 0 heterocycles. The van der Waals surface area contributed by atoms with Gasteiger partial charge in [-0.2, -0.15) is 0 Å². The molecule has 0 atom stereocenters. The lowest BCUT2D eigenvalue weighted by atomic mass is 9.88. The molecule has 0 radical (unpaired) electrons. The molecule has 34 heavy (non-hydrogen) atoms. The molecule has 0 aliphatic rings. The van der Waals surface area contributed by atoms with E-state index in [1.807, 2.05) is 66.7 Å². The Bertz CT molecular complexity index is 1170. The van der Waals surface area contributed by atoms with Gasteiger partial charge in [0.25, 0.3) is 0 Å². The lowest BCUT2D eigenvalue weighted by Gasteiger charge is -2.18. The van der Waals surface area contributed by atoms with Gasteiger partial charge in [0, 0.05) is 6.61 Å². The van der Waals surface area contributed by atoms with Gasteiger partial charge >= 0.3 is 0 Å². The maximum atomic E-state index is 9.87. The molecule has 3 nitrogen and oxygen atoms in total. The summed E-state index contributed by atoms with van der Waals surface area (Å²) >= 11 is 0. The largest absolute Gasteiger partial charge is 0.491 e. The lowest BCUT2D eigenvalue weighted by Crippen LogP contribution is -2.07. The molecule has 4 aromatic rings. The van der Waals surface area contributed by atoms with Crippen molar-refractivity contribution in [3.63, 3.8) is 0 Å². The van der Waals surface area contributed by atoms with Crippen molar-refractivity contribution in [1.82, 2.24) is 0 Å². The molecular formula is C31H30O3. The zero-order chi connectivity index (χ0) is 23.4. The Kier molecular flexibility index (Phi) is 8.67. The van der Waals surface area contributed by atoms with Crippen LogP contribution in [0.5, 0.6) is 5.75 Å². The zero-order valence-electron chi connectivity index (χ0n) is 19.3. The van der Waals surface area contributed by atoms with Gasteiger partial charge in [0.1, 0.15) is 12.4 Å². The third-order valence-electron chi connectivity index (χ3n) is 5.58. The maximum absolute atomic E-state index is 9.87. The van der Waals surface area contributed by atoms with Crippen LogP contribution < -0.4 is 4.74 Å². The van der Waals surface area contributed by atoms with Crippen LogP contribution in [0.15, 0.2) is 115 Å². The van der Waals surface area contributed by atoms with E-state index >= 15 is 0 Å². The molecule has 3 heteroatoms. The van der Waals surface area contributed by atoms with Crippen LogP contribution in [0.1, 0.15) is 28.7 Å². The fourth-order valence-electron chi connectivity index (χ4n) is 4.01. The highest BCUT2D eigenvalue weighted by atomic mass is 16.5. The Hall–Kier alpha value is -3.66. The predicted molar refractivity (Wildman–Crippen MR) is 139 cm³/mol. The second-order valence-electron chi connectivity index (χ2n) is 7.97. The first-order valence-corrected chi connectivity index (χ1v) is 11.6. The summed E-state index contributed by atoms with van der Waals surface area (Å²) in [7, 11) is 0. The summed E-state index contributed by atoms with van der Waals surface area (Å²) in [5.41, 5.74) is 6.64. The van der Waals surface area contributed by atoms with Crippen LogP contribution in [0.25, 0.3) is 11.1 Å². The topological polar surface area (TPSA) is 38.7 Å². The summed E-state index contributed by atoms with van der Waals surface area (Å²) in [5, 5.41) is 9.87. The monoisotopic (exact) mass is 450 g/mol. The molecule has 4 aromatic carbocycles. The highest BCUT2D eigenvalue weighted by Crippen LogP contribution is 2.35. The third kappa shape index (κ3) is 6.44. The van der Waals surface area contributed by atoms with Gasteiger partial charge in [-0.05, 0) is 52.0 Å². The minimum atomic E-state index is 0.0789. The van der Waals surface area contributed by atoms with Crippen LogP contribution in [0.4, 0.5) is 0 Å². The average Bonchev–Trinajstić information content (AvgIpc) is 2.90. The first-order chi connectivity index (χ1) is 16.8. The number of ether oxygens (including phenoxy) is 2. The van der Waals surface area contributed by atoms with Crippen molar-refractivity contribution in [1.29, 1.82) is 0 Å². The van der Waals surface area contributed by atoms with Crippen molar-refractivity contribution in [3.05, 3.63) is 138 Å². The second-order valence-corrected chi connectivity index (χ2v) is 7.97. The van der Waals surface area contributed by atoms with E-state index in [-0.39, 0.29) is 6.61 Å². The van der Waals surface area contributed by atoms with E-state index in [1.54, 1.807) is 0 Å². The molecule has 0 saturated heterocycles. The molecule has 0 aromatic heterocycles. The molecule has 0 aliphatic heterocycles. The number of rotatable bonds is 11. The lowest BCUT2D eigenvalue weighted by molar-refractivity contribution is 0.0889. The van der Waals surface area contributed by atoms with E-state index in [9.17, 15) is 5.11 Å². The van der Waals surface area contributed by atoms with E-state index in [2.05, 4.69) is 48.5 Å². The quantitative estimate of drug-likeness (QED) is 0.206. The van der Waals surface area contributed by atoms with E-state index in [0.717, 1.165) is 39.1 Å². The van der Waals surface area contributed by atoms with Gasteiger partial charge in [-0.25, -0.2) is 0 Å². The number of hydrogen-bond donors (Lipinski definition) is 1. The van der Waals surface area contributed by atoms with Crippen LogP contribution >= 0.6 is 0 Å². The summed E-state index contributed by atoms with van der Waals surface area (Å²) in [6.07, 6.45) is 0.562. The van der Waals surface area contributed by atoms with Gasteiger partial charge in [-0.3, -0.25) is 0 Å². The van der Waals surface area contributed by atoms with Gasteiger partial charge in [-0.1, -0.05) is 103 Å². The van der Waals surface area contributed by atoms with Crippen LogP contribution in [0, 0.1) is 0 Å². The zero-order valence-corrected chi connectivity index (χ0v) is 19.3. The van der Waals surface area contributed by atoms with Crippen LogP contribution in [-0.2, 0) is 11.3 Å². The van der Waals surface area contributed by atoms with Gasteiger partial charge in [0.05, 0.1) is 13.2 Å². The molecule has 0 unspecified atom stereocenters. The number of hydrogen-bond acceptors (Lipinski definition) is 3. The molecule has 1 N–H and O–H groups in total. The summed E-state index contributed by atoms with van der Waals surface area (Å²) in [5.74, 6) is 0.797. The van der Waals surface area contributed by atoms with Gasteiger partial charge < -0.3 is 14.6 Å². The molecule has 172 valence electrons. The van der Waals surface area contributed by atoms with Gasteiger partial charge in [-0.15, -0.1) is 0 Å². The molecule has 0 bridgehead atoms. The van der Waals surface area contributed by atoms with Gasteiger partial charge in [0.2, 0.25) is 0 Å². The van der Waals surface area contributed by atoms with Crippen molar-refractivity contribution in [2.75, 3.05) is 19.8 Å². The maximum Gasteiger partial charge on any atom is 0.120 e. The Morgan fingerprint density at radius 3 is 1.91 bits per heavy atom. The van der Waals surface area contributed by atoms with Crippen molar-refractivity contribution in [3.8, 4) is 5.75 Å². The molecule has 0 saturated carbocycles. The fraction of sp³-hybridized carbons (Fsp3) is 0.161. The smallest absolute Gasteiger partial charge is 0.120 e. The second kappa shape index (κ2) is 12.5. The Labute approximate surface area is 201 Å². The Morgan fingerprint density at radius 1 is 0.618 bits per heavy atom. The number of aliphatic hydroxyl groups excluding tert-OH is 1. The Balaban J connectivity index is 1.56. The Morgan fingerprint density at radius 2 is 1.24 bits per heavy atom. The molecule has 4 rings (SSSR count). The minimum Gasteiger partial charge on any atom is -0.491 e. The van der Waals surface area contributed by atoms with E-state index in [1.165, 1.54) is 0 Å². The van der Waals surface area contributed by atoms with Crippen molar-refractivity contribution < 1.29 is 14.6 Å². The van der Waals surface area contributed by atoms with Crippen LogP contribution in [0.3, 0.4) is 0 Å². The molecule has 0 aliphatic carbocycles. The molecule has 0 spiro atoms. The normalized spacial score (nSPS) is 11.7. The molecule has 0 fully saturated rings. The van der Waals surface area contributed by atoms with Crippen LogP contribution in [-0.4, -0.2) is 24.9 Å². The number of benzene rings is 4. The SMILES string of the molecule is OCCC(=C(c1ccccc1)c1cccc(OCCOCc2ccccc2)c1)c1ccccc1. The first kappa shape index (κ1) is 23.5. The highest BCUT2D eigenvalue weighted by molar-refractivity contribution is 5.98. The molecular weight excluding hydrogens is 420 g/mol. The average molecular weight is 451 g/mol. The highest BCUT2D eigenvalue weighted by Gasteiger charge is 2.14. The fourth-order valence-corrected chi connectivity index (χ4v) is 4.01. The van der Waals surface area contributed by atoms with Crippen LogP contribution in [0.2, 0.25) is 0 Å². The molecule has 0 amide bonds. The standard InChI is InChI=1S/C31H30O3/c32-20-19-30(26-13-6-2-7-14-26)31(27-15-8-3-9-16-27)28-17-10-18-29(23-28)34-22-21-33-24-25-11-4-1-5-12-25/h1-18,23,32H,19-22,24H2.